The van der Waals surface area contributed by atoms with Crippen molar-refractivity contribution in [1.29, 1.82) is 0 Å². The first-order valence-electron chi connectivity index (χ1n) is 16.4. The van der Waals surface area contributed by atoms with Crippen LogP contribution in [0.25, 0.3) is 88.6 Å². The van der Waals surface area contributed by atoms with Gasteiger partial charge in [0.05, 0.1) is 22.1 Å². The van der Waals surface area contributed by atoms with E-state index in [-0.39, 0.29) is 0 Å². The molecule has 224 valence electrons. The Labute approximate surface area is 277 Å². The molecule has 0 spiro atoms. The highest BCUT2D eigenvalue weighted by atomic mass is 15.1. The van der Waals surface area contributed by atoms with Gasteiger partial charge >= 0.3 is 0 Å². The molecule has 0 amide bonds. The summed E-state index contributed by atoms with van der Waals surface area (Å²) < 4.78 is 4.66. The predicted molar refractivity (Wildman–Crippen MR) is 200 cm³/mol. The maximum Gasteiger partial charge on any atom is 0.145 e. The first-order chi connectivity index (χ1) is 23.8. The van der Waals surface area contributed by atoms with Crippen LogP contribution in [0.1, 0.15) is 0 Å². The third-order valence-corrected chi connectivity index (χ3v) is 9.70. The van der Waals surface area contributed by atoms with E-state index in [0.29, 0.717) is 0 Å². The Morgan fingerprint density at radius 1 is 0.375 bits per heavy atom. The van der Waals surface area contributed by atoms with Gasteiger partial charge in [0.25, 0.3) is 0 Å². The third kappa shape index (κ3) is 4.04. The molecule has 0 radical (unpaired) electrons. The highest BCUT2D eigenvalue weighted by molar-refractivity contribution is 6.26. The second-order valence-electron chi connectivity index (χ2n) is 12.4. The van der Waals surface area contributed by atoms with Gasteiger partial charge in [-0.05, 0) is 81.6 Å². The lowest BCUT2D eigenvalue weighted by Gasteiger charge is -2.11. The molecule has 10 rings (SSSR count). The number of aromatic nitrogens is 3. The summed E-state index contributed by atoms with van der Waals surface area (Å²) in [5.41, 5.74) is 12.7. The first kappa shape index (κ1) is 26.7. The van der Waals surface area contributed by atoms with Crippen molar-refractivity contribution in [1.82, 2.24) is 14.1 Å². The molecule has 2 heterocycles. The summed E-state index contributed by atoms with van der Waals surface area (Å²) in [5.74, 6) is 0.943. The van der Waals surface area contributed by atoms with Gasteiger partial charge in [0.1, 0.15) is 5.82 Å². The van der Waals surface area contributed by atoms with Crippen molar-refractivity contribution in [3.8, 4) is 45.0 Å². The van der Waals surface area contributed by atoms with Gasteiger partial charge < -0.3 is 4.57 Å². The van der Waals surface area contributed by atoms with Crippen LogP contribution in [-0.2, 0) is 0 Å². The molecule has 0 bridgehead atoms. The number of benzene rings is 8. The molecule has 0 N–H and O–H groups in total. The van der Waals surface area contributed by atoms with Crippen molar-refractivity contribution < 1.29 is 0 Å². The zero-order valence-electron chi connectivity index (χ0n) is 26.1. The number of hydrogen-bond acceptors (Lipinski definition) is 1. The second kappa shape index (κ2) is 10.5. The molecular weight excluding hydrogens is 583 g/mol. The molecule has 0 unspecified atom stereocenters. The minimum Gasteiger partial charge on any atom is -0.309 e. The molecule has 48 heavy (non-hydrogen) atoms. The molecule has 0 fully saturated rings. The van der Waals surface area contributed by atoms with Gasteiger partial charge in [-0.15, -0.1) is 0 Å². The van der Waals surface area contributed by atoms with Crippen molar-refractivity contribution in [2.75, 3.05) is 0 Å². The van der Waals surface area contributed by atoms with Crippen LogP contribution in [0.3, 0.4) is 0 Å². The van der Waals surface area contributed by atoms with E-state index >= 15 is 0 Å². The highest BCUT2D eigenvalue weighted by Gasteiger charge is 2.19. The Morgan fingerprint density at radius 3 is 1.75 bits per heavy atom. The number of nitrogens with zero attached hydrogens (tertiary/aromatic N) is 3. The Morgan fingerprint density at radius 2 is 1.00 bits per heavy atom. The van der Waals surface area contributed by atoms with Crippen LogP contribution in [-0.4, -0.2) is 14.1 Å². The maximum absolute atomic E-state index is 5.17. The smallest absolute Gasteiger partial charge is 0.145 e. The van der Waals surface area contributed by atoms with E-state index in [9.17, 15) is 0 Å². The Bertz CT molecular complexity index is 2740. The minimum absolute atomic E-state index is 0.943. The molecule has 0 aliphatic heterocycles. The molecule has 0 atom stereocenters. The van der Waals surface area contributed by atoms with Crippen molar-refractivity contribution >= 4 is 43.6 Å². The van der Waals surface area contributed by atoms with E-state index in [0.717, 1.165) is 33.7 Å². The normalized spacial score (nSPS) is 11.8. The standard InChI is InChI=1S/C45H29N3/c1-4-11-33(12-5-1)45-46-39-29-34(24-27-40(39)48(45)36-16-8-3-9-17-36)30-19-21-31(22-20-30)37-26-28-42-44-38(37)25-23-32-13-10-18-41(43(32)44)47(42)35-14-6-2-7-15-35/h1-29H. The van der Waals surface area contributed by atoms with E-state index in [4.69, 9.17) is 4.98 Å². The zero-order valence-corrected chi connectivity index (χ0v) is 26.1. The first-order valence-corrected chi connectivity index (χ1v) is 16.4. The Kier molecular flexibility index (Phi) is 5.87. The number of rotatable bonds is 5. The van der Waals surface area contributed by atoms with E-state index in [1.54, 1.807) is 0 Å². The molecule has 0 aliphatic carbocycles. The molecule has 2 aromatic heterocycles. The molecule has 8 aromatic carbocycles. The summed E-state index contributed by atoms with van der Waals surface area (Å²) in [4.78, 5) is 5.17. The summed E-state index contributed by atoms with van der Waals surface area (Å²) in [7, 11) is 0. The number of hydrogen-bond donors (Lipinski definition) is 0. The average Bonchev–Trinajstić information content (AvgIpc) is 3.72. The fraction of sp³-hybridized carbons (Fsp3) is 0. The monoisotopic (exact) mass is 611 g/mol. The number of imidazole rings is 1. The number of fused-ring (bicyclic) bond motifs is 1. The third-order valence-electron chi connectivity index (χ3n) is 9.70. The lowest BCUT2D eigenvalue weighted by Crippen LogP contribution is -1.97. The van der Waals surface area contributed by atoms with Crippen LogP contribution in [0.2, 0.25) is 0 Å². The van der Waals surface area contributed by atoms with Crippen molar-refractivity contribution in [3.05, 3.63) is 176 Å². The van der Waals surface area contributed by atoms with Gasteiger partial charge in [-0.25, -0.2) is 4.98 Å². The van der Waals surface area contributed by atoms with E-state index in [1.165, 1.54) is 55.0 Å². The summed E-state index contributed by atoms with van der Waals surface area (Å²) in [6.07, 6.45) is 0. The minimum atomic E-state index is 0.943. The van der Waals surface area contributed by atoms with Crippen molar-refractivity contribution in [2.45, 2.75) is 0 Å². The molecule has 10 aromatic rings. The van der Waals surface area contributed by atoms with Crippen LogP contribution in [0, 0.1) is 0 Å². The Balaban J connectivity index is 1.08. The van der Waals surface area contributed by atoms with Gasteiger partial charge in [-0.2, -0.15) is 0 Å². The lowest BCUT2D eigenvalue weighted by atomic mass is 9.93. The number of para-hydroxylation sites is 2. The lowest BCUT2D eigenvalue weighted by molar-refractivity contribution is 1.10. The van der Waals surface area contributed by atoms with Gasteiger partial charge in [0, 0.05) is 27.7 Å². The zero-order chi connectivity index (χ0) is 31.6. The van der Waals surface area contributed by atoms with Crippen LogP contribution < -0.4 is 0 Å². The summed E-state index contributed by atoms with van der Waals surface area (Å²) >= 11 is 0. The summed E-state index contributed by atoms with van der Waals surface area (Å²) in [5, 5.41) is 5.19. The SMILES string of the molecule is c1ccc(-c2nc3cc(-c4ccc(-c5ccc6c7c5ccc5cccc(c57)n6-c5ccccc5)cc4)ccc3n2-c2ccccc2)cc1. The van der Waals surface area contributed by atoms with Crippen molar-refractivity contribution in [3.63, 3.8) is 0 Å². The molecular formula is C45H29N3. The van der Waals surface area contributed by atoms with Crippen LogP contribution in [0.15, 0.2) is 176 Å². The Hall–Kier alpha value is -6.45. The van der Waals surface area contributed by atoms with Gasteiger partial charge in [0.2, 0.25) is 0 Å². The van der Waals surface area contributed by atoms with Gasteiger partial charge in [-0.3, -0.25) is 4.57 Å². The molecule has 3 nitrogen and oxygen atoms in total. The molecule has 0 aliphatic rings. The molecule has 3 heteroatoms. The van der Waals surface area contributed by atoms with Gasteiger partial charge in [-0.1, -0.05) is 127 Å². The second-order valence-corrected chi connectivity index (χ2v) is 12.4. The quantitative estimate of drug-likeness (QED) is 0.178. The average molecular weight is 612 g/mol. The summed E-state index contributed by atoms with van der Waals surface area (Å²) in [6, 6.07) is 63.0. The van der Waals surface area contributed by atoms with Crippen molar-refractivity contribution in [2.24, 2.45) is 0 Å². The molecule has 0 saturated heterocycles. The fourth-order valence-electron chi connectivity index (χ4n) is 7.52. The fourth-order valence-corrected chi connectivity index (χ4v) is 7.52. The maximum atomic E-state index is 5.17. The van der Waals surface area contributed by atoms with Crippen LogP contribution in [0.4, 0.5) is 0 Å². The molecule has 0 saturated carbocycles. The van der Waals surface area contributed by atoms with Gasteiger partial charge in [0.15, 0.2) is 0 Å². The topological polar surface area (TPSA) is 22.8 Å². The van der Waals surface area contributed by atoms with E-state index in [1.807, 2.05) is 6.07 Å². The van der Waals surface area contributed by atoms with Crippen LogP contribution in [0.5, 0.6) is 0 Å². The highest BCUT2D eigenvalue weighted by Crippen LogP contribution is 2.42. The summed E-state index contributed by atoms with van der Waals surface area (Å²) in [6.45, 7) is 0. The van der Waals surface area contributed by atoms with Crippen LogP contribution >= 0.6 is 0 Å². The predicted octanol–water partition coefficient (Wildman–Crippen LogP) is 11.7. The van der Waals surface area contributed by atoms with E-state index in [2.05, 4.69) is 179 Å². The largest absolute Gasteiger partial charge is 0.309 e. The van der Waals surface area contributed by atoms with E-state index < -0.39 is 0 Å².